The Morgan fingerprint density at radius 3 is 2.68 bits per heavy atom. The Bertz CT molecular complexity index is 780. The molecule has 3 rings (SSSR count). The highest BCUT2D eigenvalue weighted by Gasteiger charge is 2.40. The molecule has 1 aliphatic heterocycles. The van der Waals surface area contributed by atoms with Crippen molar-refractivity contribution in [1.29, 1.82) is 0 Å². The van der Waals surface area contributed by atoms with Crippen LogP contribution in [0.2, 0.25) is 0 Å². The van der Waals surface area contributed by atoms with Crippen LogP contribution in [-0.4, -0.2) is 37.6 Å². The minimum Gasteiger partial charge on any atom is -0.468 e. The van der Waals surface area contributed by atoms with Crippen molar-refractivity contribution >= 4 is 31.7 Å². The molecule has 1 fully saturated rings. The van der Waals surface area contributed by atoms with Crippen LogP contribution in [0.3, 0.4) is 0 Å². The highest BCUT2D eigenvalue weighted by atomic mass is 79.9. The Morgan fingerprint density at radius 2 is 2.05 bits per heavy atom. The van der Waals surface area contributed by atoms with Gasteiger partial charge < -0.3 is 9.32 Å². The van der Waals surface area contributed by atoms with Crippen LogP contribution in [0.1, 0.15) is 16.1 Å². The van der Waals surface area contributed by atoms with E-state index in [4.69, 9.17) is 4.42 Å². The molecule has 1 aromatic heterocycles. The van der Waals surface area contributed by atoms with Gasteiger partial charge in [0.15, 0.2) is 9.84 Å². The molecule has 5 nitrogen and oxygen atoms in total. The molecule has 116 valence electrons. The second-order valence-corrected chi connectivity index (χ2v) is 8.43. The first-order valence-electron chi connectivity index (χ1n) is 6.74. The number of hydrogen-bond acceptors (Lipinski definition) is 4. The van der Waals surface area contributed by atoms with Crippen molar-refractivity contribution < 1.29 is 17.6 Å². The normalized spacial score (nSPS) is 15.6. The third-order valence-electron chi connectivity index (χ3n) is 3.64. The summed E-state index contributed by atoms with van der Waals surface area (Å²) in [6.45, 7) is 0.461. The van der Waals surface area contributed by atoms with E-state index in [0.717, 1.165) is 4.47 Å². The van der Waals surface area contributed by atoms with Crippen molar-refractivity contribution in [2.45, 2.75) is 11.0 Å². The molecule has 0 saturated carbocycles. The first-order valence-corrected chi connectivity index (χ1v) is 9.25. The van der Waals surface area contributed by atoms with E-state index in [1.54, 1.807) is 35.2 Å². The average molecular weight is 384 g/mol. The number of benzene rings is 1. The van der Waals surface area contributed by atoms with Gasteiger partial charge in [-0.05, 0) is 30.3 Å². The number of furan rings is 1. The number of nitrogens with zero attached hydrogens (tertiary/aromatic N) is 1. The number of amides is 1. The van der Waals surface area contributed by atoms with Crippen LogP contribution >= 0.6 is 15.9 Å². The maximum Gasteiger partial charge on any atom is 0.253 e. The lowest BCUT2D eigenvalue weighted by molar-refractivity contribution is 0.0658. The second kappa shape index (κ2) is 5.89. The van der Waals surface area contributed by atoms with Crippen LogP contribution in [0.5, 0.6) is 0 Å². The highest BCUT2D eigenvalue weighted by Crippen LogP contribution is 2.23. The molecule has 1 amide bonds. The van der Waals surface area contributed by atoms with E-state index < -0.39 is 15.1 Å². The van der Waals surface area contributed by atoms with Crippen molar-refractivity contribution in [2.75, 3.05) is 13.1 Å². The van der Waals surface area contributed by atoms with Gasteiger partial charge in [-0.25, -0.2) is 8.42 Å². The number of rotatable bonds is 4. The third-order valence-corrected chi connectivity index (χ3v) is 6.13. The lowest BCUT2D eigenvalue weighted by atomic mass is 10.1. The Hall–Kier alpha value is -1.60. The molecular weight excluding hydrogens is 370 g/mol. The summed E-state index contributed by atoms with van der Waals surface area (Å²) >= 11 is 3.32. The number of carbonyl (C=O) groups is 1. The van der Waals surface area contributed by atoms with E-state index in [0.29, 0.717) is 11.3 Å². The molecule has 0 aliphatic carbocycles. The predicted molar refractivity (Wildman–Crippen MR) is 85.2 cm³/mol. The van der Waals surface area contributed by atoms with Gasteiger partial charge in [-0.1, -0.05) is 22.0 Å². The zero-order valence-electron chi connectivity index (χ0n) is 11.6. The molecule has 7 heteroatoms. The minimum atomic E-state index is -3.30. The lowest BCUT2D eigenvalue weighted by Crippen LogP contribution is -2.57. The molecule has 2 aromatic rings. The SMILES string of the molecule is O=C(c1cccc(Br)c1)N1CC(S(=O)(=O)Cc2ccco2)C1. The van der Waals surface area contributed by atoms with Gasteiger partial charge in [-0.15, -0.1) is 0 Å². The van der Waals surface area contributed by atoms with Crippen LogP contribution in [0, 0.1) is 0 Å². The summed E-state index contributed by atoms with van der Waals surface area (Å²) in [4.78, 5) is 13.8. The van der Waals surface area contributed by atoms with Gasteiger partial charge in [0, 0.05) is 23.1 Å². The van der Waals surface area contributed by atoms with E-state index in [-0.39, 0.29) is 24.7 Å². The smallest absolute Gasteiger partial charge is 0.253 e. The van der Waals surface area contributed by atoms with Crippen molar-refractivity contribution in [2.24, 2.45) is 0 Å². The summed E-state index contributed by atoms with van der Waals surface area (Å²) in [5.41, 5.74) is 0.552. The fourth-order valence-electron chi connectivity index (χ4n) is 2.35. The maximum absolute atomic E-state index is 12.3. The molecule has 0 unspecified atom stereocenters. The molecule has 1 saturated heterocycles. The zero-order valence-corrected chi connectivity index (χ0v) is 14.0. The maximum atomic E-state index is 12.3. The molecule has 1 aromatic carbocycles. The first-order chi connectivity index (χ1) is 10.5. The molecule has 0 bridgehead atoms. The largest absolute Gasteiger partial charge is 0.468 e. The van der Waals surface area contributed by atoms with E-state index in [1.807, 2.05) is 6.07 Å². The van der Waals surface area contributed by atoms with Crippen LogP contribution in [0.15, 0.2) is 51.6 Å². The lowest BCUT2D eigenvalue weighted by Gasteiger charge is -2.38. The van der Waals surface area contributed by atoms with Crippen molar-refractivity contribution in [3.63, 3.8) is 0 Å². The molecule has 0 N–H and O–H groups in total. The van der Waals surface area contributed by atoms with E-state index in [1.165, 1.54) is 6.26 Å². The zero-order chi connectivity index (χ0) is 15.7. The van der Waals surface area contributed by atoms with Gasteiger partial charge in [0.1, 0.15) is 11.5 Å². The Balaban J connectivity index is 1.63. The summed E-state index contributed by atoms with van der Waals surface area (Å²) in [6.07, 6.45) is 1.45. The quantitative estimate of drug-likeness (QED) is 0.813. The summed E-state index contributed by atoms with van der Waals surface area (Å²) in [7, 11) is -3.30. The van der Waals surface area contributed by atoms with E-state index >= 15 is 0 Å². The number of sulfone groups is 1. The monoisotopic (exact) mass is 383 g/mol. The molecule has 2 heterocycles. The van der Waals surface area contributed by atoms with Crippen LogP contribution in [0.4, 0.5) is 0 Å². The van der Waals surface area contributed by atoms with Gasteiger partial charge >= 0.3 is 0 Å². The minimum absolute atomic E-state index is 0.121. The molecule has 1 aliphatic rings. The van der Waals surface area contributed by atoms with Crippen LogP contribution < -0.4 is 0 Å². The topological polar surface area (TPSA) is 67.6 Å². The van der Waals surface area contributed by atoms with Crippen LogP contribution in [0.25, 0.3) is 0 Å². The third kappa shape index (κ3) is 3.10. The van der Waals surface area contributed by atoms with E-state index in [2.05, 4.69) is 15.9 Å². The first kappa shape index (κ1) is 15.3. The average Bonchev–Trinajstić information content (AvgIpc) is 2.88. The Kier molecular flexibility index (Phi) is 4.10. The molecular formula is C15H14BrNO4S. The van der Waals surface area contributed by atoms with Gasteiger partial charge in [0.25, 0.3) is 5.91 Å². The summed E-state index contributed by atoms with van der Waals surface area (Å²) < 4.78 is 30.4. The van der Waals surface area contributed by atoms with Crippen molar-refractivity contribution in [1.82, 2.24) is 4.90 Å². The molecule has 0 radical (unpaired) electrons. The summed E-state index contributed by atoms with van der Waals surface area (Å²) in [5, 5.41) is -0.520. The summed E-state index contributed by atoms with van der Waals surface area (Å²) in [6, 6.07) is 10.4. The van der Waals surface area contributed by atoms with E-state index in [9.17, 15) is 13.2 Å². The fourth-order valence-corrected chi connectivity index (χ4v) is 4.36. The fraction of sp³-hybridized carbons (Fsp3) is 0.267. The van der Waals surface area contributed by atoms with Crippen molar-refractivity contribution in [3.05, 3.63) is 58.5 Å². The Morgan fingerprint density at radius 1 is 1.27 bits per heavy atom. The number of hydrogen-bond donors (Lipinski definition) is 0. The van der Waals surface area contributed by atoms with Crippen molar-refractivity contribution in [3.8, 4) is 0 Å². The molecule has 0 spiro atoms. The Labute approximate surface area is 137 Å². The predicted octanol–water partition coefficient (Wildman–Crippen LogP) is 2.48. The van der Waals surface area contributed by atoms with Crippen LogP contribution in [-0.2, 0) is 15.6 Å². The molecule has 22 heavy (non-hydrogen) atoms. The number of halogens is 1. The summed E-state index contributed by atoms with van der Waals surface area (Å²) in [5.74, 6) is 0.159. The van der Waals surface area contributed by atoms with Gasteiger partial charge in [-0.2, -0.15) is 0 Å². The number of likely N-dealkylation sites (tertiary alicyclic amines) is 1. The molecule has 0 atom stereocenters. The second-order valence-electron chi connectivity index (χ2n) is 5.23. The van der Waals surface area contributed by atoms with Gasteiger partial charge in [0.05, 0.1) is 11.5 Å². The van der Waals surface area contributed by atoms with Gasteiger partial charge in [0.2, 0.25) is 0 Å². The highest BCUT2D eigenvalue weighted by molar-refractivity contribution is 9.10. The van der Waals surface area contributed by atoms with Gasteiger partial charge in [-0.3, -0.25) is 4.79 Å². The standard InChI is InChI=1S/C15H14BrNO4S/c16-12-4-1-3-11(7-12)15(18)17-8-14(9-17)22(19,20)10-13-5-2-6-21-13/h1-7,14H,8-10H2. The number of carbonyl (C=O) groups excluding carboxylic acids is 1.